The molecule has 1 unspecified atom stereocenters. The highest BCUT2D eigenvalue weighted by Crippen LogP contribution is 2.25. The van der Waals surface area contributed by atoms with E-state index in [4.69, 9.17) is 0 Å². The fourth-order valence-electron chi connectivity index (χ4n) is 0.922. The molecule has 12 heavy (non-hydrogen) atoms. The predicted octanol–water partition coefficient (Wildman–Crippen LogP) is 2.39. The molecule has 0 amide bonds. The number of rotatable bonds is 3. The zero-order chi connectivity index (χ0) is 9.14. The number of hydrogen-bond acceptors (Lipinski definition) is 3. The number of aliphatic hydroxyl groups is 1. The second-order valence-corrected chi connectivity index (χ2v) is 3.80. The lowest BCUT2D eigenvalue weighted by molar-refractivity contribution is 0.102. The van der Waals surface area contributed by atoms with Crippen molar-refractivity contribution in [2.45, 2.75) is 26.4 Å². The van der Waals surface area contributed by atoms with Crippen LogP contribution in [0.15, 0.2) is 12.1 Å². The fraction of sp³-hybridized carbons (Fsp3) is 0.444. The third-order valence-corrected chi connectivity index (χ3v) is 2.98. The van der Waals surface area contributed by atoms with Gasteiger partial charge in [0.1, 0.15) is 0 Å². The highest BCUT2D eigenvalue weighted by Gasteiger charge is 2.09. The highest BCUT2D eigenvalue weighted by molar-refractivity contribution is 7.14. The van der Waals surface area contributed by atoms with E-state index >= 15 is 0 Å². The highest BCUT2D eigenvalue weighted by atomic mass is 32.1. The van der Waals surface area contributed by atoms with Crippen LogP contribution in [0.25, 0.3) is 0 Å². The standard InChI is InChI=1S/C9H12O2S/c1-3-7(11)9-5-4-8(12-9)6(2)10/h4-5,7,11H,3H2,1-2H3. The Morgan fingerprint density at radius 1 is 1.67 bits per heavy atom. The first-order valence-electron chi connectivity index (χ1n) is 3.94. The summed E-state index contributed by atoms with van der Waals surface area (Å²) in [6.45, 7) is 3.45. The van der Waals surface area contributed by atoms with E-state index in [0.717, 1.165) is 9.75 Å². The number of ketones is 1. The predicted molar refractivity (Wildman–Crippen MR) is 49.6 cm³/mol. The van der Waals surface area contributed by atoms with E-state index in [1.165, 1.54) is 18.3 Å². The minimum atomic E-state index is -0.414. The molecule has 1 aromatic heterocycles. The molecule has 1 rings (SSSR count). The molecule has 0 fully saturated rings. The van der Waals surface area contributed by atoms with Gasteiger partial charge in [-0.15, -0.1) is 11.3 Å². The monoisotopic (exact) mass is 184 g/mol. The van der Waals surface area contributed by atoms with Crippen LogP contribution in [-0.4, -0.2) is 10.9 Å². The largest absolute Gasteiger partial charge is 0.388 e. The Morgan fingerprint density at radius 2 is 2.33 bits per heavy atom. The molecule has 0 radical (unpaired) electrons. The molecular weight excluding hydrogens is 172 g/mol. The zero-order valence-electron chi connectivity index (χ0n) is 7.20. The normalized spacial score (nSPS) is 12.9. The number of Topliss-reactive ketones (excluding diaryl/α,β-unsaturated/α-hetero) is 1. The molecule has 0 aliphatic rings. The van der Waals surface area contributed by atoms with Gasteiger partial charge in [-0.3, -0.25) is 4.79 Å². The summed E-state index contributed by atoms with van der Waals surface area (Å²) in [5, 5.41) is 9.42. The maximum absolute atomic E-state index is 10.9. The van der Waals surface area contributed by atoms with E-state index in [9.17, 15) is 9.90 Å². The van der Waals surface area contributed by atoms with Crippen LogP contribution in [0.1, 0.15) is 40.9 Å². The molecule has 0 saturated carbocycles. The third-order valence-electron chi connectivity index (χ3n) is 1.69. The number of thiophene rings is 1. The number of carbonyl (C=O) groups excluding carboxylic acids is 1. The number of carbonyl (C=O) groups is 1. The van der Waals surface area contributed by atoms with Crippen molar-refractivity contribution in [3.05, 3.63) is 21.9 Å². The van der Waals surface area contributed by atoms with Gasteiger partial charge in [0.2, 0.25) is 0 Å². The summed E-state index contributed by atoms with van der Waals surface area (Å²) in [5.74, 6) is 0.0644. The second kappa shape index (κ2) is 3.83. The molecule has 1 N–H and O–H groups in total. The van der Waals surface area contributed by atoms with Crippen LogP contribution in [0.4, 0.5) is 0 Å². The molecule has 0 aromatic carbocycles. The van der Waals surface area contributed by atoms with Gasteiger partial charge >= 0.3 is 0 Å². The maximum Gasteiger partial charge on any atom is 0.169 e. The summed E-state index contributed by atoms with van der Waals surface area (Å²) in [6, 6.07) is 3.58. The Balaban J connectivity index is 2.84. The summed E-state index contributed by atoms with van der Waals surface area (Å²) < 4.78 is 0. The molecule has 0 saturated heterocycles. The molecule has 2 nitrogen and oxygen atoms in total. The van der Waals surface area contributed by atoms with Crippen LogP contribution in [0.2, 0.25) is 0 Å². The average Bonchev–Trinajstić information content (AvgIpc) is 2.51. The summed E-state index contributed by atoms with van der Waals surface area (Å²) in [4.78, 5) is 12.5. The van der Waals surface area contributed by atoms with Gasteiger partial charge in [0.05, 0.1) is 11.0 Å². The molecule has 0 aliphatic heterocycles. The van der Waals surface area contributed by atoms with Gasteiger partial charge in [-0.05, 0) is 25.5 Å². The maximum atomic E-state index is 10.9. The quantitative estimate of drug-likeness (QED) is 0.732. The van der Waals surface area contributed by atoms with Crippen LogP contribution in [-0.2, 0) is 0 Å². The van der Waals surface area contributed by atoms with Gasteiger partial charge in [0.25, 0.3) is 0 Å². The van der Waals surface area contributed by atoms with Crippen LogP contribution in [0.3, 0.4) is 0 Å². The van der Waals surface area contributed by atoms with E-state index in [0.29, 0.717) is 6.42 Å². The van der Waals surface area contributed by atoms with Gasteiger partial charge in [0.15, 0.2) is 5.78 Å². The summed E-state index contributed by atoms with van der Waals surface area (Å²) in [6.07, 6.45) is 0.279. The minimum Gasteiger partial charge on any atom is -0.388 e. The van der Waals surface area contributed by atoms with E-state index in [2.05, 4.69) is 0 Å². The molecule has 1 atom stereocenters. The topological polar surface area (TPSA) is 37.3 Å². The molecule has 3 heteroatoms. The van der Waals surface area contributed by atoms with Crippen LogP contribution < -0.4 is 0 Å². The molecule has 0 bridgehead atoms. The molecular formula is C9H12O2S. The third kappa shape index (κ3) is 1.93. The lowest BCUT2D eigenvalue weighted by Gasteiger charge is -2.01. The Labute approximate surface area is 75.9 Å². The average molecular weight is 184 g/mol. The van der Waals surface area contributed by atoms with E-state index < -0.39 is 6.10 Å². The van der Waals surface area contributed by atoms with Gasteiger partial charge in [-0.1, -0.05) is 6.92 Å². The van der Waals surface area contributed by atoms with Gasteiger partial charge in [0, 0.05) is 4.88 Å². The SMILES string of the molecule is CCC(O)c1ccc(C(C)=O)s1. The number of aliphatic hydroxyl groups excluding tert-OH is 1. The molecule has 0 spiro atoms. The summed E-state index contributed by atoms with van der Waals surface area (Å²) in [7, 11) is 0. The summed E-state index contributed by atoms with van der Waals surface area (Å²) in [5.41, 5.74) is 0. The Kier molecular flexibility index (Phi) is 3.00. The molecule has 1 aromatic rings. The van der Waals surface area contributed by atoms with E-state index in [1.807, 2.05) is 13.0 Å². The first-order valence-corrected chi connectivity index (χ1v) is 4.75. The van der Waals surface area contributed by atoms with Crippen molar-refractivity contribution >= 4 is 17.1 Å². The van der Waals surface area contributed by atoms with Crippen molar-refractivity contribution in [2.75, 3.05) is 0 Å². The van der Waals surface area contributed by atoms with Crippen molar-refractivity contribution in [3.63, 3.8) is 0 Å². The van der Waals surface area contributed by atoms with Crippen molar-refractivity contribution in [1.82, 2.24) is 0 Å². The minimum absolute atomic E-state index is 0.0644. The molecule has 1 heterocycles. The van der Waals surface area contributed by atoms with Crippen molar-refractivity contribution < 1.29 is 9.90 Å². The first kappa shape index (κ1) is 9.42. The van der Waals surface area contributed by atoms with Gasteiger partial charge < -0.3 is 5.11 Å². The van der Waals surface area contributed by atoms with Gasteiger partial charge in [-0.2, -0.15) is 0 Å². The van der Waals surface area contributed by atoms with Gasteiger partial charge in [-0.25, -0.2) is 0 Å². The van der Waals surface area contributed by atoms with Crippen molar-refractivity contribution in [2.24, 2.45) is 0 Å². The lowest BCUT2D eigenvalue weighted by atomic mass is 10.2. The van der Waals surface area contributed by atoms with Crippen LogP contribution >= 0.6 is 11.3 Å². The van der Waals surface area contributed by atoms with Crippen LogP contribution in [0.5, 0.6) is 0 Å². The Hall–Kier alpha value is -0.670. The van der Waals surface area contributed by atoms with Crippen LogP contribution in [0, 0.1) is 0 Å². The lowest BCUT2D eigenvalue weighted by Crippen LogP contribution is -1.90. The van der Waals surface area contributed by atoms with E-state index in [1.54, 1.807) is 6.07 Å². The Bertz CT molecular complexity index is 278. The zero-order valence-corrected chi connectivity index (χ0v) is 8.02. The Morgan fingerprint density at radius 3 is 2.75 bits per heavy atom. The first-order chi connectivity index (χ1) is 5.65. The smallest absolute Gasteiger partial charge is 0.169 e. The second-order valence-electron chi connectivity index (χ2n) is 2.68. The summed E-state index contributed by atoms with van der Waals surface area (Å²) >= 11 is 1.37. The molecule has 0 aliphatic carbocycles. The van der Waals surface area contributed by atoms with Crippen molar-refractivity contribution in [3.8, 4) is 0 Å². The fourth-order valence-corrected chi connectivity index (χ4v) is 1.89. The molecule has 66 valence electrons. The van der Waals surface area contributed by atoms with Crippen molar-refractivity contribution in [1.29, 1.82) is 0 Å². The van der Waals surface area contributed by atoms with E-state index in [-0.39, 0.29) is 5.78 Å². The number of hydrogen-bond donors (Lipinski definition) is 1.